The van der Waals surface area contributed by atoms with E-state index in [0.29, 0.717) is 30.1 Å². The van der Waals surface area contributed by atoms with Crippen molar-refractivity contribution in [2.45, 2.75) is 52.0 Å². The lowest BCUT2D eigenvalue weighted by atomic mass is 9.99. The molecule has 8 heteroatoms. The maximum atomic E-state index is 12.2. The highest BCUT2D eigenvalue weighted by atomic mass is 16.5. The molecule has 2 aromatic heterocycles. The largest absolute Gasteiger partial charge is 0.381 e. The van der Waals surface area contributed by atoms with Gasteiger partial charge in [0.05, 0.1) is 24.2 Å². The molecule has 0 radical (unpaired) electrons. The maximum absolute atomic E-state index is 12.2. The van der Waals surface area contributed by atoms with Gasteiger partial charge in [-0.25, -0.2) is 4.79 Å². The van der Waals surface area contributed by atoms with Crippen LogP contribution in [0.15, 0.2) is 12.3 Å². The van der Waals surface area contributed by atoms with E-state index in [1.54, 1.807) is 6.20 Å². The van der Waals surface area contributed by atoms with Gasteiger partial charge in [0.15, 0.2) is 5.82 Å². The zero-order valence-corrected chi connectivity index (χ0v) is 15.0. The first kappa shape index (κ1) is 17.5. The third-order valence-corrected chi connectivity index (χ3v) is 4.74. The second kappa shape index (κ2) is 7.69. The molecule has 1 aliphatic heterocycles. The molecule has 1 fully saturated rings. The van der Waals surface area contributed by atoms with Gasteiger partial charge in [0.25, 0.3) is 0 Å². The molecule has 2 atom stereocenters. The van der Waals surface area contributed by atoms with E-state index >= 15 is 0 Å². The minimum Gasteiger partial charge on any atom is -0.381 e. The highest BCUT2D eigenvalue weighted by molar-refractivity contribution is 5.99. The van der Waals surface area contributed by atoms with Crippen LogP contribution in [0.1, 0.15) is 56.5 Å². The number of hydrogen-bond acceptors (Lipinski definition) is 4. The van der Waals surface area contributed by atoms with Crippen LogP contribution in [0.5, 0.6) is 0 Å². The van der Waals surface area contributed by atoms with Gasteiger partial charge < -0.3 is 10.1 Å². The Morgan fingerprint density at radius 2 is 2.36 bits per heavy atom. The fourth-order valence-electron chi connectivity index (χ4n) is 3.03. The summed E-state index contributed by atoms with van der Waals surface area (Å²) in [5.41, 5.74) is 2.64. The van der Waals surface area contributed by atoms with Crippen LogP contribution in [-0.2, 0) is 4.74 Å². The number of nitrogens with one attached hydrogen (secondary N) is 3. The fraction of sp³-hybridized carbons (Fsp3) is 0.588. The van der Waals surface area contributed by atoms with Crippen LogP contribution in [-0.4, -0.2) is 39.2 Å². The Hall–Kier alpha value is -2.35. The number of aromatic amines is 1. The molecule has 2 amide bonds. The van der Waals surface area contributed by atoms with Gasteiger partial charge in [-0.2, -0.15) is 10.2 Å². The van der Waals surface area contributed by atoms with E-state index in [1.807, 2.05) is 17.7 Å². The van der Waals surface area contributed by atoms with E-state index in [4.69, 9.17) is 4.74 Å². The second-order valence-corrected chi connectivity index (χ2v) is 6.55. The van der Waals surface area contributed by atoms with E-state index in [0.717, 1.165) is 37.3 Å². The SMILES string of the molecule is CCC(C)n1ncc(NC(=O)Nc2cc(C3CCCOC3)[nH]n2)c1C. The van der Waals surface area contributed by atoms with Crippen molar-refractivity contribution < 1.29 is 9.53 Å². The lowest BCUT2D eigenvalue weighted by Gasteiger charge is -2.20. The predicted molar refractivity (Wildman–Crippen MR) is 96.0 cm³/mol. The number of aromatic nitrogens is 4. The number of H-pyrrole nitrogens is 1. The average Bonchev–Trinajstić information content (AvgIpc) is 3.23. The smallest absolute Gasteiger partial charge is 0.324 e. The van der Waals surface area contributed by atoms with E-state index in [2.05, 4.69) is 39.8 Å². The quantitative estimate of drug-likeness (QED) is 0.773. The molecule has 3 heterocycles. The Bertz CT molecular complexity index is 717. The van der Waals surface area contributed by atoms with Crippen molar-refractivity contribution in [2.24, 2.45) is 0 Å². The minimum absolute atomic E-state index is 0.297. The normalized spacial score (nSPS) is 18.8. The Kier molecular flexibility index (Phi) is 5.37. The molecule has 1 aliphatic rings. The van der Waals surface area contributed by atoms with Gasteiger partial charge in [-0.15, -0.1) is 0 Å². The van der Waals surface area contributed by atoms with Crippen LogP contribution >= 0.6 is 0 Å². The molecule has 8 nitrogen and oxygen atoms in total. The molecule has 0 saturated carbocycles. The molecule has 3 N–H and O–H groups in total. The molecular weight excluding hydrogens is 320 g/mol. The van der Waals surface area contributed by atoms with Crippen molar-refractivity contribution in [1.29, 1.82) is 0 Å². The van der Waals surface area contributed by atoms with E-state index in [-0.39, 0.29) is 6.03 Å². The molecule has 1 saturated heterocycles. The second-order valence-electron chi connectivity index (χ2n) is 6.55. The van der Waals surface area contributed by atoms with Crippen molar-refractivity contribution in [1.82, 2.24) is 20.0 Å². The van der Waals surface area contributed by atoms with Gasteiger partial charge in [0.2, 0.25) is 0 Å². The number of anilines is 2. The number of ether oxygens (including phenoxy) is 1. The van der Waals surface area contributed by atoms with Crippen molar-refractivity contribution >= 4 is 17.5 Å². The van der Waals surface area contributed by atoms with Crippen LogP contribution in [0.2, 0.25) is 0 Å². The number of carbonyl (C=O) groups excluding carboxylic acids is 1. The summed E-state index contributed by atoms with van der Waals surface area (Å²) in [6, 6.07) is 1.84. The van der Waals surface area contributed by atoms with Crippen molar-refractivity contribution in [3.05, 3.63) is 23.7 Å². The van der Waals surface area contributed by atoms with E-state index < -0.39 is 0 Å². The molecule has 2 unspecified atom stereocenters. The van der Waals surface area contributed by atoms with Crippen molar-refractivity contribution in [2.75, 3.05) is 23.8 Å². The van der Waals surface area contributed by atoms with E-state index in [9.17, 15) is 4.79 Å². The molecule has 0 aromatic carbocycles. The third kappa shape index (κ3) is 4.01. The maximum Gasteiger partial charge on any atom is 0.324 e. The summed E-state index contributed by atoms with van der Waals surface area (Å²) in [5, 5.41) is 17.1. The molecule has 0 aliphatic carbocycles. The molecule has 0 spiro atoms. The highest BCUT2D eigenvalue weighted by Gasteiger charge is 2.19. The van der Waals surface area contributed by atoms with Gasteiger partial charge >= 0.3 is 6.03 Å². The first-order valence-corrected chi connectivity index (χ1v) is 8.83. The third-order valence-electron chi connectivity index (χ3n) is 4.74. The number of carbonyl (C=O) groups is 1. The molecular formula is C17H26N6O2. The summed E-state index contributed by atoms with van der Waals surface area (Å²) < 4.78 is 7.42. The summed E-state index contributed by atoms with van der Waals surface area (Å²) in [7, 11) is 0. The number of urea groups is 1. The minimum atomic E-state index is -0.329. The summed E-state index contributed by atoms with van der Waals surface area (Å²) in [6.45, 7) is 7.68. The lowest BCUT2D eigenvalue weighted by molar-refractivity contribution is 0.0793. The zero-order chi connectivity index (χ0) is 17.8. The van der Waals surface area contributed by atoms with Gasteiger partial charge in [-0.3, -0.25) is 15.1 Å². The van der Waals surface area contributed by atoms with Crippen LogP contribution in [0.4, 0.5) is 16.3 Å². The Morgan fingerprint density at radius 3 is 3.08 bits per heavy atom. The van der Waals surface area contributed by atoms with Crippen LogP contribution in [0, 0.1) is 6.92 Å². The predicted octanol–water partition coefficient (Wildman–Crippen LogP) is 3.42. The lowest BCUT2D eigenvalue weighted by Crippen LogP contribution is -2.20. The summed E-state index contributed by atoms with van der Waals surface area (Å²) in [5.74, 6) is 0.820. The number of hydrogen-bond donors (Lipinski definition) is 3. The van der Waals surface area contributed by atoms with Gasteiger partial charge in [-0.05, 0) is 33.1 Å². The van der Waals surface area contributed by atoms with Crippen molar-refractivity contribution in [3.63, 3.8) is 0 Å². The van der Waals surface area contributed by atoms with E-state index in [1.165, 1.54) is 0 Å². The summed E-state index contributed by atoms with van der Waals surface area (Å²) in [6.07, 6.45) is 4.78. The monoisotopic (exact) mass is 346 g/mol. The van der Waals surface area contributed by atoms with Gasteiger partial charge in [0.1, 0.15) is 0 Å². The molecule has 136 valence electrons. The topological polar surface area (TPSA) is 96.9 Å². The highest BCUT2D eigenvalue weighted by Crippen LogP contribution is 2.25. The van der Waals surface area contributed by atoms with Crippen LogP contribution in [0.3, 0.4) is 0 Å². The molecule has 2 aromatic rings. The first-order valence-electron chi connectivity index (χ1n) is 8.83. The van der Waals surface area contributed by atoms with Crippen molar-refractivity contribution in [3.8, 4) is 0 Å². The molecule has 25 heavy (non-hydrogen) atoms. The summed E-state index contributed by atoms with van der Waals surface area (Å²) in [4.78, 5) is 12.2. The zero-order valence-electron chi connectivity index (χ0n) is 15.0. The van der Waals surface area contributed by atoms with Gasteiger partial charge in [0, 0.05) is 30.3 Å². The average molecular weight is 346 g/mol. The number of rotatable bonds is 5. The Balaban J connectivity index is 1.59. The number of nitrogens with zero attached hydrogens (tertiary/aromatic N) is 3. The first-order chi connectivity index (χ1) is 12.1. The Morgan fingerprint density at radius 1 is 1.52 bits per heavy atom. The molecule has 0 bridgehead atoms. The van der Waals surface area contributed by atoms with Crippen LogP contribution < -0.4 is 10.6 Å². The number of amides is 2. The Labute approximate surface area is 147 Å². The van der Waals surface area contributed by atoms with Gasteiger partial charge in [-0.1, -0.05) is 6.92 Å². The summed E-state index contributed by atoms with van der Waals surface area (Å²) >= 11 is 0. The molecule has 3 rings (SSSR count). The fourth-order valence-corrected chi connectivity index (χ4v) is 3.03. The standard InChI is InChI=1S/C17H26N6O2/c1-4-11(2)23-12(3)15(9-18-23)19-17(24)20-16-8-14(21-22-16)13-6-5-7-25-10-13/h8-9,11,13H,4-7,10H2,1-3H3,(H3,19,20,21,22,24). The van der Waals surface area contributed by atoms with Crippen LogP contribution in [0.25, 0.3) is 0 Å².